The molecule has 0 saturated carbocycles. The number of fused-ring (bicyclic) bond motifs is 1. The molecule has 0 amide bonds. The van der Waals surface area contributed by atoms with E-state index in [4.69, 9.17) is 4.74 Å². The summed E-state index contributed by atoms with van der Waals surface area (Å²) in [4.78, 5) is 0. The minimum atomic E-state index is 0.0754. The van der Waals surface area contributed by atoms with Gasteiger partial charge in [-0.1, -0.05) is 44.5 Å². The van der Waals surface area contributed by atoms with E-state index in [1.54, 1.807) is 0 Å². The lowest BCUT2D eigenvalue weighted by Crippen LogP contribution is -2.37. The summed E-state index contributed by atoms with van der Waals surface area (Å²) in [7, 11) is 0. The average molecular weight is 273 g/mol. The lowest BCUT2D eigenvalue weighted by molar-refractivity contribution is 0.168. The second-order valence-corrected chi connectivity index (χ2v) is 6.65. The average Bonchev–Trinajstić information content (AvgIpc) is 2.77. The van der Waals surface area contributed by atoms with Crippen molar-refractivity contribution in [1.82, 2.24) is 5.32 Å². The molecule has 1 heterocycles. The first-order valence-corrected chi connectivity index (χ1v) is 7.55. The zero-order valence-corrected chi connectivity index (χ0v) is 13.2. The van der Waals surface area contributed by atoms with Crippen molar-refractivity contribution >= 4 is 0 Å². The van der Waals surface area contributed by atoms with Crippen LogP contribution in [-0.2, 0) is 6.42 Å². The molecule has 0 saturated heterocycles. The summed E-state index contributed by atoms with van der Waals surface area (Å²) in [5.74, 6) is 1.06. The Kier molecular flexibility index (Phi) is 4.54. The van der Waals surface area contributed by atoms with Crippen molar-refractivity contribution < 1.29 is 4.74 Å². The van der Waals surface area contributed by atoms with Gasteiger partial charge in [0.15, 0.2) is 0 Å². The lowest BCUT2D eigenvalue weighted by atomic mass is 9.83. The Labute approximate surface area is 123 Å². The Balaban J connectivity index is 1.99. The highest BCUT2D eigenvalue weighted by Gasteiger charge is 2.30. The van der Waals surface area contributed by atoms with E-state index in [0.29, 0.717) is 6.04 Å². The minimum Gasteiger partial charge on any atom is -0.490 e. The van der Waals surface area contributed by atoms with E-state index in [1.165, 1.54) is 11.1 Å². The predicted molar refractivity (Wildman–Crippen MR) is 85.4 cm³/mol. The topological polar surface area (TPSA) is 21.3 Å². The Morgan fingerprint density at radius 3 is 2.90 bits per heavy atom. The van der Waals surface area contributed by atoms with Crippen molar-refractivity contribution in [2.45, 2.75) is 52.7 Å². The number of ether oxygens (including phenoxy) is 1. The molecular weight excluding hydrogens is 246 g/mol. The van der Waals surface area contributed by atoms with Gasteiger partial charge in [-0.3, -0.25) is 0 Å². The van der Waals surface area contributed by atoms with E-state index >= 15 is 0 Å². The smallest absolute Gasteiger partial charge is 0.123 e. The highest BCUT2D eigenvalue weighted by atomic mass is 16.5. The van der Waals surface area contributed by atoms with Gasteiger partial charge in [-0.2, -0.15) is 0 Å². The van der Waals surface area contributed by atoms with Crippen LogP contribution >= 0.6 is 0 Å². The van der Waals surface area contributed by atoms with Crippen molar-refractivity contribution in [2.24, 2.45) is 5.41 Å². The molecule has 2 atom stereocenters. The monoisotopic (exact) mass is 273 g/mol. The van der Waals surface area contributed by atoms with Gasteiger partial charge in [0.05, 0.1) is 0 Å². The van der Waals surface area contributed by atoms with Crippen LogP contribution < -0.4 is 10.1 Å². The third-order valence-corrected chi connectivity index (χ3v) is 4.06. The van der Waals surface area contributed by atoms with Crippen LogP contribution in [0.25, 0.3) is 0 Å². The first kappa shape index (κ1) is 15.1. The molecule has 1 aliphatic rings. The molecule has 2 rings (SSSR count). The van der Waals surface area contributed by atoms with Crippen molar-refractivity contribution in [3.8, 4) is 5.75 Å². The zero-order chi connectivity index (χ0) is 14.8. The largest absolute Gasteiger partial charge is 0.490 e. The van der Waals surface area contributed by atoms with Gasteiger partial charge in [-0.05, 0) is 25.0 Å². The highest BCUT2D eigenvalue weighted by Crippen LogP contribution is 2.35. The van der Waals surface area contributed by atoms with E-state index in [1.807, 2.05) is 0 Å². The lowest BCUT2D eigenvalue weighted by Gasteiger charge is -2.30. The SMILES string of the molecule is C=CC(C)(CNC(C)C)CC1Cc2cc(C)ccc2O1. The van der Waals surface area contributed by atoms with Crippen LogP contribution in [0.5, 0.6) is 5.75 Å². The number of aryl methyl sites for hydroxylation is 1. The van der Waals surface area contributed by atoms with E-state index < -0.39 is 0 Å². The number of hydrogen-bond acceptors (Lipinski definition) is 2. The Hall–Kier alpha value is -1.28. The Morgan fingerprint density at radius 1 is 1.50 bits per heavy atom. The van der Waals surface area contributed by atoms with Gasteiger partial charge >= 0.3 is 0 Å². The van der Waals surface area contributed by atoms with Gasteiger partial charge < -0.3 is 10.1 Å². The fourth-order valence-corrected chi connectivity index (χ4v) is 2.75. The molecule has 1 aliphatic heterocycles. The fourth-order valence-electron chi connectivity index (χ4n) is 2.75. The molecule has 110 valence electrons. The van der Waals surface area contributed by atoms with Crippen molar-refractivity contribution in [3.05, 3.63) is 42.0 Å². The van der Waals surface area contributed by atoms with Crippen molar-refractivity contribution in [2.75, 3.05) is 6.54 Å². The standard InChI is InChI=1S/C18H27NO/c1-6-18(5,12-19-13(2)3)11-16-10-15-9-14(4)7-8-17(15)20-16/h6-9,13,16,19H,1,10-12H2,2-5H3. The van der Waals surface area contributed by atoms with Crippen LogP contribution in [0.2, 0.25) is 0 Å². The molecule has 2 nitrogen and oxygen atoms in total. The summed E-state index contributed by atoms with van der Waals surface area (Å²) in [6.45, 7) is 13.7. The first-order chi connectivity index (χ1) is 9.42. The number of benzene rings is 1. The van der Waals surface area contributed by atoms with E-state index in [9.17, 15) is 0 Å². The number of nitrogens with one attached hydrogen (secondary N) is 1. The minimum absolute atomic E-state index is 0.0754. The molecule has 1 aromatic rings. The summed E-state index contributed by atoms with van der Waals surface area (Å²) in [5, 5.41) is 3.51. The van der Waals surface area contributed by atoms with Gasteiger partial charge in [-0.15, -0.1) is 6.58 Å². The molecule has 0 aromatic heterocycles. The molecule has 0 fully saturated rings. The van der Waals surface area contributed by atoms with Crippen LogP contribution in [-0.4, -0.2) is 18.7 Å². The van der Waals surface area contributed by atoms with Gasteiger partial charge in [0.25, 0.3) is 0 Å². The van der Waals surface area contributed by atoms with Crippen molar-refractivity contribution in [3.63, 3.8) is 0 Å². The fraction of sp³-hybridized carbons (Fsp3) is 0.556. The summed E-state index contributed by atoms with van der Waals surface area (Å²) in [6, 6.07) is 6.96. The third kappa shape index (κ3) is 3.63. The molecule has 2 unspecified atom stereocenters. The van der Waals surface area contributed by atoms with Crippen LogP contribution in [0.15, 0.2) is 30.9 Å². The molecule has 0 bridgehead atoms. The van der Waals surface area contributed by atoms with Crippen LogP contribution in [0.3, 0.4) is 0 Å². The second kappa shape index (κ2) is 6.01. The summed E-state index contributed by atoms with van der Waals surface area (Å²) >= 11 is 0. The predicted octanol–water partition coefficient (Wildman–Crippen LogP) is 3.88. The summed E-state index contributed by atoms with van der Waals surface area (Å²) < 4.78 is 6.09. The van der Waals surface area contributed by atoms with Crippen LogP contribution in [0.4, 0.5) is 0 Å². The maximum Gasteiger partial charge on any atom is 0.123 e. The molecule has 0 aliphatic carbocycles. The highest BCUT2D eigenvalue weighted by molar-refractivity contribution is 5.40. The van der Waals surface area contributed by atoms with Crippen molar-refractivity contribution in [1.29, 1.82) is 0 Å². The van der Waals surface area contributed by atoms with Crippen LogP contribution in [0.1, 0.15) is 38.3 Å². The molecule has 1 N–H and O–H groups in total. The molecule has 2 heteroatoms. The van der Waals surface area contributed by atoms with Crippen LogP contribution in [0, 0.1) is 12.3 Å². The molecular formula is C18H27NO. The molecule has 1 aromatic carbocycles. The van der Waals surface area contributed by atoms with Gasteiger partial charge in [0.1, 0.15) is 11.9 Å². The number of rotatable bonds is 6. The van der Waals surface area contributed by atoms with Gasteiger partial charge in [0.2, 0.25) is 0 Å². The quantitative estimate of drug-likeness (QED) is 0.794. The van der Waals surface area contributed by atoms with Gasteiger partial charge in [-0.25, -0.2) is 0 Å². The molecule has 20 heavy (non-hydrogen) atoms. The maximum absolute atomic E-state index is 6.09. The second-order valence-electron chi connectivity index (χ2n) is 6.65. The van der Waals surface area contributed by atoms with E-state index in [2.05, 4.69) is 63.9 Å². The number of hydrogen-bond donors (Lipinski definition) is 1. The van der Waals surface area contributed by atoms with E-state index in [-0.39, 0.29) is 11.5 Å². The third-order valence-electron chi connectivity index (χ3n) is 4.06. The maximum atomic E-state index is 6.09. The Bertz CT molecular complexity index is 480. The summed E-state index contributed by atoms with van der Waals surface area (Å²) in [5.41, 5.74) is 2.73. The van der Waals surface area contributed by atoms with E-state index in [0.717, 1.165) is 25.1 Å². The zero-order valence-electron chi connectivity index (χ0n) is 13.2. The van der Waals surface area contributed by atoms with Gasteiger partial charge in [0, 0.05) is 24.4 Å². The molecule has 0 spiro atoms. The Morgan fingerprint density at radius 2 is 2.25 bits per heavy atom. The normalized spacial score (nSPS) is 20.4. The molecule has 0 radical (unpaired) electrons. The summed E-state index contributed by atoms with van der Waals surface area (Å²) in [6.07, 6.45) is 4.36. The first-order valence-electron chi connectivity index (χ1n) is 7.55.